The number of rotatable bonds is 0. The van der Waals surface area contributed by atoms with E-state index >= 15 is 0 Å². The van der Waals surface area contributed by atoms with Crippen molar-refractivity contribution in [1.82, 2.24) is 0 Å². The molecule has 0 aliphatic heterocycles. The van der Waals surface area contributed by atoms with Gasteiger partial charge in [0.25, 0.3) is 0 Å². The van der Waals surface area contributed by atoms with Crippen LogP contribution in [0.1, 0.15) is 13.8 Å². The average Bonchev–Trinajstić information content (AvgIpc) is 0.811. The molecule has 0 saturated heterocycles. The first-order chi connectivity index (χ1) is 1.73. The topological polar surface area (TPSA) is 17.1 Å². The molecule has 0 amide bonds. The van der Waals surface area contributed by atoms with Gasteiger partial charge in [0.1, 0.15) is 5.78 Å². The quantitative estimate of drug-likeness (QED) is 0.497. The maximum absolute atomic E-state index is 9.44. The Kier molecular flexibility index (Phi) is 24.8. The van der Waals surface area contributed by atoms with E-state index in [4.69, 9.17) is 0 Å². The van der Waals surface area contributed by atoms with Crippen LogP contribution in [0.15, 0.2) is 0 Å². The normalized spacial score (nSPS) is 4.33. The predicted octanol–water partition coefficient (Wildman–Crippen LogP) is -1.50. The third kappa shape index (κ3) is 68.9. The zero-order chi connectivity index (χ0) is 3.58. The molecule has 0 aliphatic carbocycles. The van der Waals surface area contributed by atoms with Crippen molar-refractivity contribution in [2.45, 2.75) is 13.8 Å². The second kappa shape index (κ2) is 9.45. The Bertz CT molecular complexity index is 33.8. The number of hydrogen-bond donors (Lipinski definition) is 0. The van der Waals surface area contributed by atoms with Crippen LogP contribution in [0, 0.1) is 0 Å². The van der Waals surface area contributed by atoms with Gasteiger partial charge in [0, 0.05) is 0 Å². The molecule has 0 heterocycles. The molecule has 36 valence electrons. The molecule has 6 heavy (non-hydrogen) atoms. The van der Waals surface area contributed by atoms with Gasteiger partial charge in [-0.15, -0.1) is 0 Å². The fourth-order valence-electron chi connectivity index (χ4n) is 0. The van der Waals surface area contributed by atoms with Crippen molar-refractivity contribution in [3.05, 3.63) is 0 Å². The molecule has 0 aromatic heterocycles. The molecule has 3 heteroatoms. The molecule has 2 radical (unpaired) electrons. The van der Waals surface area contributed by atoms with Gasteiger partial charge >= 0.3 is 27.3 Å². The van der Waals surface area contributed by atoms with Gasteiger partial charge in [-0.25, -0.2) is 0 Å². The summed E-state index contributed by atoms with van der Waals surface area (Å²) in [5, 5.41) is 0. The summed E-state index contributed by atoms with van der Waals surface area (Å²) in [6.07, 6.45) is 0. The van der Waals surface area contributed by atoms with Crippen LogP contribution in [0.25, 0.3) is 0 Å². The van der Waals surface area contributed by atoms with Gasteiger partial charge in [0.2, 0.25) is 0 Å². The molecule has 0 N–H and O–H groups in total. The number of ketones is 1. The van der Waals surface area contributed by atoms with E-state index in [1.807, 2.05) is 0 Å². The summed E-state index contributed by atoms with van der Waals surface area (Å²) in [6, 6.07) is 0. The van der Waals surface area contributed by atoms with Crippen LogP contribution in [0.4, 0.5) is 0 Å². The molecule has 0 bridgehead atoms. The van der Waals surface area contributed by atoms with Crippen LogP contribution in [0.2, 0.25) is 0 Å². The first-order valence-corrected chi connectivity index (χ1v) is 1.20. The molecule has 0 aliphatic rings. The molecule has 0 saturated carbocycles. The molecule has 0 spiro atoms. The number of carbonyl (C=O) groups excluding carboxylic acids is 1. The van der Waals surface area contributed by atoms with Gasteiger partial charge in [0.15, 0.2) is 17.4 Å². The van der Waals surface area contributed by atoms with Crippen LogP contribution < -0.4 is 0 Å². The van der Waals surface area contributed by atoms with E-state index in [0.717, 1.165) is 0 Å². The van der Waals surface area contributed by atoms with Gasteiger partial charge in [-0.2, -0.15) is 0 Å². The SMILES string of the molecule is CC(C)=O.[AlH3].[PbH2]. The van der Waals surface area contributed by atoms with Gasteiger partial charge in [-0.3, -0.25) is 0 Å². The van der Waals surface area contributed by atoms with Crippen LogP contribution in [0.5, 0.6) is 0 Å². The van der Waals surface area contributed by atoms with Crippen molar-refractivity contribution in [2.75, 3.05) is 0 Å². The fraction of sp³-hybridized carbons (Fsp3) is 0.667. The second-order valence-corrected chi connectivity index (χ2v) is 0.908. The van der Waals surface area contributed by atoms with Crippen LogP contribution in [-0.4, -0.2) is 50.4 Å². The van der Waals surface area contributed by atoms with E-state index in [1.165, 1.54) is 13.8 Å². The Balaban J connectivity index is -0.0000000450. The van der Waals surface area contributed by atoms with E-state index < -0.39 is 0 Å². The van der Waals surface area contributed by atoms with Gasteiger partial charge in [-0.1, -0.05) is 0 Å². The van der Waals surface area contributed by atoms with Gasteiger partial charge < -0.3 is 4.79 Å². The molecule has 0 rings (SSSR count). The summed E-state index contributed by atoms with van der Waals surface area (Å²) in [5.74, 6) is 0.167. The van der Waals surface area contributed by atoms with Gasteiger partial charge in [-0.05, 0) is 13.8 Å². The average molecular weight is 297 g/mol. The summed E-state index contributed by atoms with van der Waals surface area (Å²) >= 11 is 0. The standard InChI is InChI=1S/C3H6O.Al.Pb.5H/c1-3(2)4;;;;;;;/h1-2H3;;;;;;;. The Hall–Kier alpha value is 1.12. The summed E-state index contributed by atoms with van der Waals surface area (Å²) in [6.45, 7) is 3.06. The van der Waals surface area contributed by atoms with Crippen molar-refractivity contribution >= 4 is 50.4 Å². The minimum atomic E-state index is 0. The molecule has 0 fully saturated rings. The van der Waals surface area contributed by atoms with E-state index in [1.54, 1.807) is 0 Å². The molecule has 0 aromatic rings. The molecule has 1 nitrogen and oxygen atoms in total. The zero-order valence-electron chi connectivity index (χ0n) is 3.62. The van der Waals surface area contributed by atoms with E-state index in [2.05, 4.69) is 0 Å². The van der Waals surface area contributed by atoms with Crippen LogP contribution in [-0.2, 0) is 4.79 Å². The third-order valence-corrected chi connectivity index (χ3v) is 0. The van der Waals surface area contributed by atoms with Crippen LogP contribution in [0.3, 0.4) is 0 Å². The molecule has 0 unspecified atom stereocenters. The monoisotopic (exact) mass is 298 g/mol. The van der Waals surface area contributed by atoms with Gasteiger partial charge in [0.05, 0.1) is 0 Å². The summed E-state index contributed by atoms with van der Waals surface area (Å²) in [5.41, 5.74) is 0. The maximum atomic E-state index is 9.44. The Labute approximate surface area is 68.8 Å². The van der Waals surface area contributed by atoms with E-state index in [9.17, 15) is 4.79 Å². The molecular weight excluding hydrogens is 286 g/mol. The first-order valence-electron chi connectivity index (χ1n) is 1.20. The Morgan fingerprint density at radius 3 is 1.33 bits per heavy atom. The van der Waals surface area contributed by atoms with E-state index in [0.29, 0.717) is 0 Å². The van der Waals surface area contributed by atoms with Crippen molar-refractivity contribution < 1.29 is 4.79 Å². The minimum absolute atomic E-state index is 0. The Morgan fingerprint density at radius 2 is 1.33 bits per heavy atom. The Morgan fingerprint density at radius 1 is 1.33 bits per heavy atom. The van der Waals surface area contributed by atoms with E-state index in [-0.39, 0.29) is 50.4 Å². The van der Waals surface area contributed by atoms with Crippen molar-refractivity contribution in [1.29, 1.82) is 0 Å². The van der Waals surface area contributed by atoms with Crippen LogP contribution >= 0.6 is 0 Å². The summed E-state index contributed by atoms with van der Waals surface area (Å²) < 4.78 is 0. The number of Topliss-reactive ketones (excluding diaryl/α,β-unsaturated/α-hetero) is 1. The predicted molar refractivity (Wildman–Crippen MR) is 34.8 cm³/mol. The van der Waals surface area contributed by atoms with Crippen molar-refractivity contribution in [3.63, 3.8) is 0 Å². The molecular formula is C3H11AlOPb. The molecule has 0 atom stereocenters. The number of carbonyl (C=O) groups is 1. The molecule has 0 aromatic carbocycles. The third-order valence-electron chi connectivity index (χ3n) is 0. The number of hydrogen-bond acceptors (Lipinski definition) is 1. The summed E-state index contributed by atoms with van der Waals surface area (Å²) in [4.78, 5) is 9.44. The first kappa shape index (κ1) is 15.7. The van der Waals surface area contributed by atoms with Crippen molar-refractivity contribution in [2.24, 2.45) is 0 Å². The second-order valence-electron chi connectivity index (χ2n) is 0.908. The van der Waals surface area contributed by atoms with Crippen molar-refractivity contribution in [3.8, 4) is 0 Å². The fourth-order valence-corrected chi connectivity index (χ4v) is 0. The summed E-state index contributed by atoms with van der Waals surface area (Å²) in [7, 11) is 0. The zero-order valence-corrected chi connectivity index (χ0v) is 9.11.